The van der Waals surface area contributed by atoms with Gasteiger partial charge >= 0.3 is 17.9 Å². The summed E-state index contributed by atoms with van der Waals surface area (Å²) in [4.78, 5) is 35.6. The van der Waals surface area contributed by atoms with Gasteiger partial charge in [-0.15, -0.1) is 0 Å². The Morgan fingerprint density at radius 1 is 0.767 bits per heavy atom. The van der Waals surface area contributed by atoms with E-state index in [1.54, 1.807) is 49.7 Å². The van der Waals surface area contributed by atoms with Crippen molar-refractivity contribution in [2.24, 2.45) is 0 Å². The molecular formula is C30H39Cl2IN4O6. The second kappa shape index (κ2) is 15.2. The molecule has 0 amide bonds. The summed E-state index contributed by atoms with van der Waals surface area (Å²) in [5.41, 5.74) is 0.518. The van der Waals surface area contributed by atoms with Crippen molar-refractivity contribution >= 4 is 85.5 Å². The molecule has 0 aliphatic heterocycles. The van der Waals surface area contributed by atoms with Gasteiger partial charge in [-0.05, 0) is 101 Å². The fourth-order valence-electron chi connectivity index (χ4n) is 3.74. The van der Waals surface area contributed by atoms with Crippen molar-refractivity contribution in [3.8, 4) is 0 Å². The maximum absolute atomic E-state index is 12.0. The number of benzene rings is 2. The molecule has 0 N–H and O–H groups in total. The fraction of sp³-hybridized carbons (Fsp3) is 0.433. The smallest absolute Gasteiger partial charge is 0.359 e. The molecule has 4 rings (SSSR count). The first-order chi connectivity index (χ1) is 19.0. The summed E-state index contributed by atoms with van der Waals surface area (Å²) < 4.78 is 19.1. The third-order valence-electron chi connectivity index (χ3n) is 5.16. The second-order valence-electron chi connectivity index (χ2n) is 10.9. The van der Waals surface area contributed by atoms with Crippen molar-refractivity contribution in [1.29, 1.82) is 0 Å². The number of hydrogen-bond acceptors (Lipinski definition) is 8. The summed E-state index contributed by atoms with van der Waals surface area (Å²) in [5, 5.41) is 11.1. The zero-order valence-corrected chi connectivity index (χ0v) is 27.4. The lowest BCUT2D eigenvalue weighted by Crippen LogP contribution is -2.26. The highest BCUT2D eigenvalue weighted by atomic mass is 127. The van der Waals surface area contributed by atoms with E-state index in [0.717, 1.165) is 14.6 Å². The van der Waals surface area contributed by atoms with Gasteiger partial charge in [0.25, 0.3) is 0 Å². The monoisotopic (exact) mass is 748 g/mol. The second-order valence-corrected chi connectivity index (χ2v) is 12.8. The topological polar surface area (TPSA) is 115 Å². The van der Waals surface area contributed by atoms with Crippen LogP contribution in [0, 0.1) is 3.70 Å². The molecule has 2 heterocycles. The van der Waals surface area contributed by atoms with E-state index >= 15 is 0 Å². The molecule has 0 fully saturated rings. The molecule has 0 aliphatic carbocycles. The van der Waals surface area contributed by atoms with Crippen LogP contribution in [0.15, 0.2) is 36.4 Å². The van der Waals surface area contributed by atoms with Gasteiger partial charge in [0, 0.05) is 20.8 Å². The van der Waals surface area contributed by atoms with E-state index in [-0.39, 0.29) is 39.6 Å². The van der Waals surface area contributed by atoms with Gasteiger partial charge in [0.05, 0.1) is 18.1 Å². The average molecular weight is 749 g/mol. The Hall–Kier alpha value is -2.90. The van der Waals surface area contributed by atoms with Crippen LogP contribution in [0.5, 0.6) is 0 Å². The van der Waals surface area contributed by atoms with Gasteiger partial charge in [-0.1, -0.05) is 38.1 Å². The number of rotatable bonds is 5. The number of aromatic nitrogens is 4. The zero-order chi connectivity index (χ0) is 30.7. The molecule has 0 spiro atoms. The lowest BCUT2D eigenvalue weighted by molar-refractivity contribution is -0.156. The van der Waals surface area contributed by atoms with Crippen LogP contribution in [-0.4, -0.2) is 55.8 Å². The van der Waals surface area contributed by atoms with Crippen molar-refractivity contribution in [2.45, 2.75) is 80.7 Å². The summed E-state index contributed by atoms with van der Waals surface area (Å²) in [5.74, 6) is -1.33. The van der Waals surface area contributed by atoms with Gasteiger partial charge in [0.1, 0.15) is 28.0 Å². The van der Waals surface area contributed by atoms with E-state index in [9.17, 15) is 14.4 Å². The van der Waals surface area contributed by atoms with Crippen molar-refractivity contribution < 1.29 is 28.6 Å². The van der Waals surface area contributed by atoms with Crippen LogP contribution in [0.3, 0.4) is 0 Å². The minimum Gasteiger partial charge on any atom is -0.464 e. The molecule has 0 saturated carbocycles. The number of ether oxygens (including phenoxy) is 3. The van der Waals surface area contributed by atoms with Crippen molar-refractivity contribution in [3.63, 3.8) is 0 Å². The first-order valence-corrected chi connectivity index (χ1v) is 14.3. The lowest BCUT2D eigenvalue weighted by atomic mass is 10.2. The molecule has 0 unspecified atom stereocenters. The first-order valence-electron chi connectivity index (χ1n) is 12.5. The predicted molar refractivity (Wildman–Crippen MR) is 179 cm³/mol. The molecule has 0 radical (unpaired) electrons. The van der Waals surface area contributed by atoms with E-state index in [2.05, 4.69) is 32.8 Å². The molecule has 0 atom stereocenters. The predicted octanol–water partition coefficient (Wildman–Crippen LogP) is 7.73. The summed E-state index contributed by atoms with van der Waals surface area (Å²) in [7, 11) is 1.27. The van der Waals surface area contributed by atoms with Gasteiger partial charge in [-0.25, -0.2) is 4.79 Å². The van der Waals surface area contributed by atoms with Crippen molar-refractivity contribution in [1.82, 2.24) is 19.6 Å². The van der Waals surface area contributed by atoms with Gasteiger partial charge in [0.15, 0.2) is 5.69 Å². The maximum atomic E-state index is 12.0. The van der Waals surface area contributed by atoms with Gasteiger partial charge in [-0.3, -0.25) is 19.0 Å². The number of fused-ring (bicyclic) bond motifs is 2. The number of carbonyl (C=O) groups excluding carboxylic acids is 3. The maximum Gasteiger partial charge on any atom is 0.359 e. The van der Waals surface area contributed by atoms with Gasteiger partial charge < -0.3 is 14.2 Å². The molecular weight excluding hydrogens is 710 g/mol. The molecule has 0 saturated heterocycles. The highest BCUT2D eigenvalue weighted by Crippen LogP contribution is 2.25. The Balaban J connectivity index is 0.000000415. The number of nitrogens with zero attached hydrogens (tertiary/aromatic N) is 4. The first kappa shape index (κ1) is 38.1. The molecule has 10 nitrogen and oxygen atoms in total. The van der Waals surface area contributed by atoms with E-state index in [1.165, 1.54) is 11.8 Å². The van der Waals surface area contributed by atoms with Gasteiger partial charge in [0.2, 0.25) is 0 Å². The average Bonchev–Trinajstić information content (AvgIpc) is 3.33. The number of carbonyl (C=O) groups is 3. The number of methoxy groups -OCH3 is 1. The van der Waals surface area contributed by atoms with Crippen LogP contribution in [0.4, 0.5) is 0 Å². The van der Waals surface area contributed by atoms with Crippen molar-refractivity contribution in [3.05, 3.63) is 55.8 Å². The summed E-state index contributed by atoms with van der Waals surface area (Å²) in [6, 6.07) is 10.5. The summed E-state index contributed by atoms with van der Waals surface area (Å²) in [6.07, 6.45) is 0. The van der Waals surface area contributed by atoms with E-state index < -0.39 is 23.1 Å². The minimum absolute atomic E-state index is 0. The third kappa shape index (κ3) is 10.6. The van der Waals surface area contributed by atoms with Crippen LogP contribution < -0.4 is 0 Å². The molecule has 236 valence electrons. The highest BCUT2D eigenvalue weighted by Gasteiger charge is 2.22. The van der Waals surface area contributed by atoms with E-state index in [1.807, 2.05) is 32.9 Å². The normalized spacial score (nSPS) is 11.1. The SMILES string of the molecule is C.C.CC(C)(C)OC(=O)Cn1nc(I)c2cc(Cl)ccc21.COC(=O)c1nn(CC(=O)OC(C)(C)C)c2ccc(Cl)cc12. The third-order valence-corrected chi connectivity index (χ3v) is 6.42. The Morgan fingerprint density at radius 2 is 1.19 bits per heavy atom. The number of hydrogen-bond donors (Lipinski definition) is 0. The highest BCUT2D eigenvalue weighted by molar-refractivity contribution is 14.1. The van der Waals surface area contributed by atoms with E-state index in [4.69, 9.17) is 37.4 Å². The quantitative estimate of drug-likeness (QED) is 0.116. The van der Waals surface area contributed by atoms with Crippen LogP contribution >= 0.6 is 45.8 Å². The van der Waals surface area contributed by atoms with Crippen molar-refractivity contribution in [2.75, 3.05) is 7.11 Å². The molecule has 13 heteroatoms. The molecule has 2 aromatic heterocycles. The van der Waals surface area contributed by atoms with E-state index in [0.29, 0.717) is 20.9 Å². The standard InChI is InChI=1S/C15H17ClN2O4.C13H14ClIN2O2.2CH4/c1-15(2,3)22-12(19)8-18-11-6-5-9(16)7-10(11)13(17-18)14(20)21-4;1-13(2,3)19-11(18)7-17-10-5-4-8(14)6-9(10)12(15)16-17;;/h5-7H,8H2,1-4H3;4-6H,7H2,1-3H3;2*1H4. The minimum atomic E-state index is -0.589. The Morgan fingerprint density at radius 3 is 1.63 bits per heavy atom. The Labute approximate surface area is 276 Å². The van der Waals surface area contributed by atoms with Gasteiger partial charge in [-0.2, -0.15) is 10.2 Å². The van der Waals surface area contributed by atoms with Crippen LogP contribution in [0.1, 0.15) is 66.9 Å². The molecule has 4 aromatic rings. The molecule has 43 heavy (non-hydrogen) atoms. The largest absolute Gasteiger partial charge is 0.464 e. The Kier molecular flexibility index (Phi) is 13.5. The van der Waals surface area contributed by atoms with Crippen LogP contribution in [-0.2, 0) is 36.9 Å². The van der Waals surface area contributed by atoms with Crippen LogP contribution in [0.2, 0.25) is 10.0 Å². The number of halogens is 3. The zero-order valence-electron chi connectivity index (χ0n) is 23.8. The molecule has 0 aliphatic rings. The number of esters is 3. The summed E-state index contributed by atoms with van der Waals surface area (Å²) in [6.45, 7) is 10.9. The molecule has 2 aromatic carbocycles. The summed E-state index contributed by atoms with van der Waals surface area (Å²) >= 11 is 14.0. The molecule has 0 bridgehead atoms. The Bertz CT molecular complexity index is 1600. The van der Waals surface area contributed by atoms with Crippen LogP contribution in [0.25, 0.3) is 21.8 Å². The lowest BCUT2D eigenvalue weighted by Gasteiger charge is -2.19. The fourth-order valence-corrected chi connectivity index (χ4v) is 4.78.